The molecule has 0 spiro atoms. The minimum Gasteiger partial charge on any atom is -0.275 e. The number of benzene rings is 2. The first-order valence-corrected chi connectivity index (χ1v) is 8.08. The van der Waals surface area contributed by atoms with Gasteiger partial charge in [-0.25, -0.2) is 17.5 Å². The molecule has 0 unspecified atom stereocenters. The number of nitrogens with zero attached hydrogens (tertiary/aromatic N) is 1. The van der Waals surface area contributed by atoms with Crippen LogP contribution in [0.25, 0.3) is 10.8 Å². The summed E-state index contributed by atoms with van der Waals surface area (Å²) in [5, 5.41) is 3.67. The van der Waals surface area contributed by atoms with Crippen LogP contribution < -0.4 is 5.32 Å². The molecule has 1 aliphatic heterocycles. The number of rotatable bonds is 2. The highest BCUT2D eigenvalue weighted by Crippen LogP contribution is 2.30. The van der Waals surface area contributed by atoms with E-state index in [9.17, 15) is 18.0 Å². The number of sulfonamides is 1. The van der Waals surface area contributed by atoms with Gasteiger partial charge in [0.1, 0.15) is 5.54 Å². The van der Waals surface area contributed by atoms with Crippen molar-refractivity contribution in [2.45, 2.75) is 24.3 Å². The van der Waals surface area contributed by atoms with Gasteiger partial charge >= 0.3 is 6.03 Å². The normalized spacial score (nSPS) is 17.8. The largest absolute Gasteiger partial charge is 0.339 e. The second-order valence-corrected chi connectivity index (χ2v) is 7.38. The number of carbonyl (C=O) groups excluding carboxylic acids is 2. The molecule has 0 radical (unpaired) electrons. The molecule has 2 aromatic carbocycles. The maximum absolute atomic E-state index is 12.8. The molecule has 3 rings (SSSR count). The number of carbonyl (C=O) groups is 2. The lowest BCUT2D eigenvalue weighted by atomic mass is 10.1. The summed E-state index contributed by atoms with van der Waals surface area (Å²) in [4.78, 5) is 23.6. The standard InChI is InChI=1S/C15H14N2O4S/c1-15(2)13(18)16-14(19)17(15)22(20,21)12-8-7-10-5-3-4-6-11(10)9-12/h3-9H,1-2H3,(H,16,18,19). The first-order chi connectivity index (χ1) is 10.2. The summed E-state index contributed by atoms with van der Waals surface area (Å²) in [6, 6.07) is 11.0. The van der Waals surface area contributed by atoms with Crippen molar-refractivity contribution in [2.75, 3.05) is 0 Å². The van der Waals surface area contributed by atoms with E-state index in [1.54, 1.807) is 18.2 Å². The van der Waals surface area contributed by atoms with E-state index in [-0.39, 0.29) is 4.90 Å². The summed E-state index contributed by atoms with van der Waals surface area (Å²) in [5.74, 6) is -0.637. The van der Waals surface area contributed by atoms with Crippen LogP contribution >= 0.6 is 0 Å². The van der Waals surface area contributed by atoms with Gasteiger partial charge in [0.2, 0.25) is 0 Å². The molecule has 0 saturated carbocycles. The second kappa shape index (κ2) is 4.54. The maximum Gasteiger partial charge on any atom is 0.339 e. The van der Waals surface area contributed by atoms with E-state index in [4.69, 9.17) is 0 Å². The molecule has 3 amide bonds. The minimum absolute atomic E-state index is 0.0240. The molecule has 0 bridgehead atoms. The molecule has 2 aromatic rings. The first-order valence-electron chi connectivity index (χ1n) is 6.64. The van der Waals surface area contributed by atoms with Crippen molar-refractivity contribution in [3.8, 4) is 0 Å². The van der Waals surface area contributed by atoms with Gasteiger partial charge in [0.25, 0.3) is 15.9 Å². The van der Waals surface area contributed by atoms with Gasteiger partial charge in [-0.2, -0.15) is 0 Å². The van der Waals surface area contributed by atoms with Crippen molar-refractivity contribution in [1.29, 1.82) is 0 Å². The minimum atomic E-state index is -4.12. The molecule has 1 saturated heterocycles. The quantitative estimate of drug-likeness (QED) is 0.857. The number of amides is 3. The van der Waals surface area contributed by atoms with Crippen LogP contribution in [0.3, 0.4) is 0 Å². The van der Waals surface area contributed by atoms with Gasteiger partial charge in [-0.1, -0.05) is 30.3 Å². The summed E-state index contributed by atoms with van der Waals surface area (Å²) in [6.45, 7) is 2.79. The number of urea groups is 1. The molecule has 1 fully saturated rings. The Labute approximate surface area is 127 Å². The summed E-state index contributed by atoms with van der Waals surface area (Å²) >= 11 is 0. The van der Waals surface area contributed by atoms with Crippen LogP contribution in [0.15, 0.2) is 47.4 Å². The summed E-state index contributed by atoms with van der Waals surface area (Å²) < 4.78 is 26.1. The van der Waals surface area contributed by atoms with Gasteiger partial charge in [-0.05, 0) is 36.8 Å². The lowest BCUT2D eigenvalue weighted by Gasteiger charge is -2.27. The number of nitrogens with one attached hydrogen (secondary N) is 1. The van der Waals surface area contributed by atoms with Crippen LogP contribution in [0.5, 0.6) is 0 Å². The van der Waals surface area contributed by atoms with Gasteiger partial charge in [-0.3, -0.25) is 10.1 Å². The molecular formula is C15H14N2O4S. The zero-order valence-electron chi connectivity index (χ0n) is 12.0. The molecule has 0 atom stereocenters. The fourth-order valence-electron chi connectivity index (χ4n) is 2.49. The van der Waals surface area contributed by atoms with Crippen LogP contribution in [-0.2, 0) is 14.8 Å². The van der Waals surface area contributed by atoms with Gasteiger partial charge in [0.05, 0.1) is 4.90 Å². The molecule has 1 N–H and O–H groups in total. The van der Waals surface area contributed by atoms with E-state index in [1.807, 2.05) is 17.4 Å². The third-order valence-electron chi connectivity index (χ3n) is 3.73. The summed E-state index contributed by atoms with van der Waals surface area (Å²) in [6.07, 6.45) is 0. The average molecular weight is 318 g/mol. The second-order valence-electron chi connectivity index (χ2n) is 5.60. The Morgan fingerprint density at radius 2 is 1.64 bits per heavy atom. The average Bonchev–Trinajstić information content (AvgIpc) is 2.66. The lowest BCUT2D eigenvalue weighted by Crippen LogP contribution is -2.47. The third-order valence-corrected chi connectivity index (χ3v) is 5.68. The molecule has 1 heterocycles. The van der Waals surface area contributed by atoms with Gasteiger partial charge in [0, 0.05) is 0 Å². The van der Waals surface area contributed by atoms with Crippen molar-refractivity contribution in [2.24, 2.45) is 0 Å². The van der Waals surface area contributed by atoms with E-state index in [0.717, 1.165) is 10.8 Å². The number of imide groups is 1. The number of hydrogen-bond donors (Lipinski definition) is 1. The number of hydrogen-bond acceptors (Lipinski definition) is 4. The molecule has 114 valence electrons. The van der Waals surface area contributed by atoms with Crippen molar-refractivity contribution in [1.82, 2.24) is 9.62 Å². The Bertz CT molecular complexity index is 903. The van der Waals surface area contributed by atoms with Crippen LogP contribution in [0, 0.1) is 0 Å². The highest BCUT2D eigenvalue weighted by molar-refractivity contribution is 7.89. The summed E-state index contributed by atoms with van der Waals surface area (Å²) in [7, 11) is -4.12. The van der Waals surface area contributed by atoms with E-state index >= 15 is 0 Å². The highest BCUT2D eigenvalue weighted by atomic mass is 32.2. The van der Waals surface area contributed by atoms with Crippen LogP contribution in [0.2, 0.25) is 0 Å². The molecule has 6 nitrogen and oxygen atoms in total. The van der Waals surface area contributed by atoms with Gasteiger partial charge in [0.15, 0.2) is 0 Å². The lowest BCUT2D eigenvalue weighted by molar-refractivity contribution is -0.124. The first kappa shape index (κ1) is 14.5. The Morgan fingerprint density at radius 1 is 1.00 bits per heavy atom. The van der Waals surface area contributed by atoms with E-state index < -0.39 is 27.5 Å². The summed E-state index contributed by atoms with van der Waals surface area (Å²) in [5.41, 5.74) is -1.46. The topological polar surface area (TPSA) is 83.6 Å². The maximum atomic E-state index is 12.8. The van der Waals surface area contributed by atoms with E-state index in [1.165, 1.54) is 26.0 Å². The third kappa shape index (κ3) is 1.97. The Kier molecular flexibility index (Phi) is 3.00. The van der Waals surface area contributed by atoms with Gasteiger partial charge < -0.3 is 0 Å². The van der Waals surface area contributed by atoms with E-state index in [2.05, 4.69) is 0 Å². The van der Waals surface area contributed by atoms with Gasteiger partial charge in [-0.15, -0.1) is 0 Å². The number of fused-ring (bicyclic) bond motifs is 1. The molecule has 7 heteroatoms. The molecule has 0 aliphatic carbocycles. The zero-order valence-corrected chi connectivity index (χ0v) is 12.8. The Balaban J connectivity index is 2.16. The van der Waals surface area contributed by atoms with Crippen molar-refractivity contribution >= 4 is 32.7 Å². The highest BCUT2D eigenvalue weighted by Gasteiger charge is 2.52. The predicted octanol–water partition coefficient (Wildman–Crippen LogP) is 1.86. The SMILES string of the molecule is CC1(C)C(=O)NC(=O)N1S(=O)(=O)c1ccc2ccccc2c1. The predicted molar refractivity (Wildman–Crippen MR) is 80.6 cm³/mol. The molecule has 0 aromatic heterocycles. The van der Waals surface area contributed by atoms with Crippen molar-refractivity contribution in [3.05, 3.63) is 42.5 Å². The molecular weight excluding hydrogens is 304 g/mol. The Hall–Kier alpha value is -2.41. The van der Waals surface area contributed by atoms with Crippen LogP contribution in [0.1, 0.15) is 13.8 Å². The fourth-order valence-corrected chi connectivity index (χ4v) is 4.16. The smallest absolute Gasteiger partial charge is 0.275 e. The van der Waals surface area contributed by atoms with Crippen LogP contribution in [-0.4, -0.2) is 30.2 Å². The van der Waals surface area contributed by atoms with E-state index in [0.29, 0.717) is 4.31 Å². The van der Waals surface area contributed by atoms with Crippen molar-refractivity contribution in [3.63, 3.8) is 0 Å². The van der Waals surface area contributed by atoms with Crippen LogP contribution in [0.4, 0.5) is 4.79 Å². The molecule has 22 heavy (non-hydrogen) atoms. The monoisotopic (exact) mass is 318 g/mol. The molecule has 1 aliphatic rings. The fraction of sp³-hybridized carbons (Fsp3) is 0.200. The zero-order chi connectivity index (χ0) is 16.1. The Morgan fingerprint density at radius 3 is 2.23 bits per heavy atom. The van der Waals surface area contributed by atoms with Crippen molar-refractivity contribution < 1.29 is 18.0 Å².